The lowest BCUT2D eigenvalue weighted by molar-refractivity contribution is -0.137. The van der Waals surface area contributed by atoms with Gasteiger partial charge >= 0.3 is 6.18 Å². The van der Waals surface area contributed by atoms with E-state index in [1.165, 1.54) is 12.1 Å². The van der Waals surface area contributed by atoms with E-state index in [1.807, 2.05) is 19.0 Å². The van der Waals surface area contributed by atoms with Gasteiger partial charge in [0.2, 0.25) is 0 Å². The largest absolute Gasteiger partial charge is 0.417 e. The van der Waals surface area contributed by atoms with E-state index in [4.69, 9.17) is 23.2 Å². The second-order valence-corrected chi connectivity index (χ2v) is 8.34. The Morgan fingerprint density at radius 3 is 2.21 bits per heavy atom. The SMILES string of the molecule is C/C(=C\c1ccc(Cl)cc1)C(O)(c1ccc(Cl)c(C(F)(F)F)c1)C(C)CN(C)C. The molecule has 0 aliphatic carbocycles. The van der Waals surface area contributed by atoms with Crippen molar-refractivity contribution in [2.24, 2.45) is 5.92 Å². The molecule has 0 bridgehead atoms. The first-order chi connectivity index (χ1) is 13.4. The number of alkyl halides is 3. The maximum atomic E-state index is 13.4. The lowest BCUT2D eigenvalue weighted by Gasteiger charge is -2.38. The fourth-order valence-electron chi connectivity index (χ4n) is 3.48. The second kappa shape index (κ2) is 9.09. The Labute approximate surface area is 179 Å². The highest BCUT2D eigenvalue weighted by molar-refractivity contribution is 6.31. The smallest absolute Gasteiger partial charge is 0.380 e. The van der Waals surface area contributed by atoms with Crippen molar-refractivity contribution >= 4 is 29.3 Å². The Kier molecular flexibility index (Phi) is 7.44. The molecule has 2 nitrogen and oxygen atoms in total. The van der Waals surface area contributed by atoms with Crippen molar-refractivity contribution in [1.29, 1.82) is 0 Å². The summed E-state index contributed by atoms with van der Waals surface area (Å²) in [6.45, 7) is 3.98. The highest BCUT2D eigenvalue weighted by Gasteiger charge is 2.41. The van der Waals surface area contributed by atoms with E-state index in [1.54, 1.807) is 44.2 Å². The first-order valence-corrected chi connectivity index (χ1v) is 9.80. The molecule has 29 heavy (non-hydrogen) atoms. The molecule has 2 rings (SSSR count). The summed E-state index contributed by atoms with van der Waals surface area (Å²) in [6.07, 6.45) is -2.86. The normalized spacial score (nSPS) is 16.0. The molecule has 0 aliphatic rings. The Bertz CT molecular complexity index is 879. The third-order valence-corrected chi connectivity index (χ3v) is 5.50. The predicted molar refractivity (Wildman–Crippen MR) is 113 cm³/mol. The molecule has 0 aromatic heterocycles. The number of nitrogens with zero attached hydrogens (tertiary/aromatic N) is 1. The zero-order valence-corrected chi connectivity index (χ0v) is 18.2. The van der Waals surface area contributed by atoms with Crippen molar-refractivity contribution in [3.8, 4) is 0 Å². The number of aliphatic hydroxyl groups is 1. The van der Waals surface area contributed by atoms with Crippen molar-refractivity contribution < 1.29 is 18.3 Å². The molecular formula is C22H24Cl2F3NO. The summed E-state index contributed by atoms with van der Waals surface area (Å²) in [6, 6.07) is 10.6. The summed E-state index contributed by atoms with van der Waals surface area (Å²) >= 11 is 11.7. The molecule has 0 heterocycles. The van der Waals surface area contributed by atoms with Gasteiger partial charge in [-0.2, -0.15) is 13.2 Å². The summed E-state index contributed by atoms with van der Waals surface area (Å²) in [5.41, 5.74) is -1.15. The highest BCUT2D eigenvalue weighted by Crippen LogP contribution is 2.42. The van der Waals surface area contributed by atoms with Crippen molar-refractivity contribution in [2.45, 2.75) is 25.6 Å². The molecule has 2 atom stereocenters. The Hall–Kier alpha value is -1.53. The topological polar surface area (TPSA) is 23.5 Å². The van der Waals surface area contributed by atoms with Gasteiger partial charge < -0.3 is 10.0 Å². The van der Waals surface area contributed by atoms with Crippen LogP contribution in [0.1, 0.15) is 30.5 Å². The summed E-state index contributed by atoms with van der Waals surface area (Å²) in [4.78, 5) is 1.88. The van der Waals surface area contributed by atoms with E-state index in [0.29, 0.717) is 17.1 Å². The van der Waals surface area contributed by atoms with Crippen molar-refractivity contribution in [1.82, 2.24) is 4.90 Å². The minimum Gasteiger partial charge on any atom is -0.380 e. The molecule has 0 spiro atoms. The van der Waals surface area contributed by atoms with Crippen LogP contribution < -0.4 is 0 Å². The Morgan fingerprint density at radius 1 is 1.10 bits per heavy atom. The van der Waals surface area contributed by atoms with E-state index >= 15 is 0 Å². The third kappa shape index (κ3) is 5.54. The number of hydrogen-bond donors (Lipinski definition) is 1. The predicted octanol–water partition coefficient (Wildman–Crippen LogP) is 6.50. The first-order valence-electron chi connectivity index (χ1n) is 9.04. The lowest BCUT2D eigenvalue weighted by atomic mass is 9.76. The van der Waals surface area contributed by atoms with Crippen LogP contribution in [0, 0.1) is 5.92 Å². The second-order valence-electron chi connectivity index (χ2n) is 7.50. The average molecular weight is 446 g/mol. The fraction of sp³-hybridized carbons (Fsp3) is 0.364. The van der Waals surface area contributed by atoms with Crippen molar-refractivity contribution in [3.63, 3.8) is 0 Å². The van der Waals surface area contributed by atoms with Crippen LogP contribution in [-0.2, 0) is 11.8 Å². The van der Waals surface area contributed by atoms with E-state index < -0.39 is 28.3 Å². The summed E-state index contributed by atoms with van der Waals surface area (Å²) in [7, 11) is 3.69. The molecule has 2 unspecified atom stereocenters. The summed E-state index contributed by atoms with van der Waals surface area (Å²) in [5, 5.41) is 11.9. The van der Waals surface area contributed by atoms with Crippen LogP contribution >= 0.6 is 23.2 Å². The summed E-state index contributed by atoms with van der Waals surface area (Å²) < 4.78 is 40.2. The molecule has 7 heteroatoms. The van der Waals surface area contributed by atoms with Crippen molar-refractivity contribution in [2.75, 3.05) is 20.6 Å². The Morgan fingerprint density at radius 2 is 1.69 bits per heavy atom. The zero-order chi connectivity index (χ0) is 22.0. The quantitative estimate of drug-likeness (QED) is 0.548. The van der Waals surface area contributed by atoms with Crippen LogP contribution in [0.2, 0.25) is 10.0 Å². The van der Waals surface area contributed by atoms with Crippen LogP contribution in [0.15, 0.2) is 48.0 Å². The van der Waals surface area contributed by atoms with E-state index in [0.717, 1.165) is 11.6 Å². The molecule has 0 fully saturated rings. The van der Waals surface area contributed by atoms with Gasteiger partial charge in [0.05, 0.1) is 10.6 Å². The molecule has 0 radical (unpaired) electrons. The van der Waals surface area contributed by atoms with Crippen LogP contribution in [0.4, 0.5) is 13.2 Å². The van der Waals surface area contributed by atoms with Gasteiger partial charge in [0.15, 0.2) is 0 Å². The molecule has 0 aliphatic heterocycles. The first kappa shape index (κ1) is 23.7. The molecule has 0 amide bonds. The monoisotopic (exact) mass is 445 g/mol. The molecular weight excluding hydrogens is 422 g/mol. The number of benzene rings is 2. The van der Waals surface area contributed by atoms with Gasteiger partial charge in [0.1, 0.15) is 5.60 Å². The van der Waals surface area contributed by atoms with E-state index in [-0.39, 0.29) is 5.56 Å². The van der Waals surface area contributed by atoms with E-state index in [9.17, 15) is 18.3 Å². The Balaban J connectivity index is 2.64. The minimum absolute atomic E-state index is 0.145. The lowest BCUT2D eigenvalue weighted by Crippen LogP contribution is -2.40. The van der Waals surface area contributed by atoms with E-state index in [2.05, 4.69) is 0 Å². The van der Waals surface area contributed by atoms with Gasteiger partial charge in [-0.05, 0) is 62.0 Å². The molecule has 2 aromatic carbocycles. The van der Waals surface area contributed by atoms with Crippen LogP contribution in [0.25, 0.3) is 6.08 Å². The third-order valence-electron chi connectivity index (χ3n) is 4.92. The highest BCUT2D eigenvalue weighted by atomic mass is 35.5. The number of halogens is 5. The van der Waals surface area contributed by atoms with Crippen LogP contribution in [0.5, 0.6) is 0 Å². The molecule has 0 saturated heterocycles. The zero-order valence-electron chi connectivity index (χ0n) is 16.7. The molecule has 1 N–H and O–H groups in total. The van der Waals surface area contributed by atoms with Gasteiger partial charge in [0.25, 0.3) is 0 Å². The van der Waals surface area contributed by atoms with Gasteiger partial charge in [-0.25, -0.2) is 0 Å². The number of hydrogen-bond acceptors (Lipinski definition) is 2. The maximum absolute atomic E-state index is 13.4. The molecule has 2 aromatic rings. The summed E-state index contributed by atoms with van der Waals surface area (Å²) in [5.74, 6) is -0.400. The fourth-order valence-corrected chi connectivity index (χ4v) is 3.83. The van der Waals surface area contributed by atoms with Crippen LogP contribution in [0.3, 0.4) is 0 Å². The maximum Gasteiger partial charge on any atom is 0.417 e. The minimum atomic E-state index is -4.62. The van der Waals surface area contributed by atoms with Gasteiger partial charge in [-0.15, -0.1) is 0 Å². The van der Waals surface area contributed by atoms with Gasteiger partial charge in [-0.1, -0.05) is 54.4 Å². The van der Waals surface area contributed by atoms with Gasteiger partial charge in [-0.3, -0.25) is 0 Å². The number of rotatable bonds is 6. The van der Waals surface area contributed by atoms with Crippen LogP contribution in [-0.4, -0.2) is 30.6 Å². The average Bonchev–Trinajstić information content (AvgIpc) is 2.61. The van der Waals surface area contributed by atoms with Crippen molar-refractivity contribution in [3.05, 3.63) is 74.8 Å². The molecule has 0 saturated carbocycles. The molecule has 158 valence electrons. The standard InChI is InChI=1S/C22H24Cl2F3NO/c1-14(11-16-5-8-18(23)9-6-16)21(29,15(2)13-28(3)4)17-7-10-20(24)19(12-17)22(25,26)27/h5-12,15,29H,13H2,1-4H3/b14-11+. The van der Waals surface area contributed by atoms with Gasteiger partial charge in [0, 0.05) is 17.5 Å².